The third kappa shape index (κ3) is 8.08. The maximum atomic E-state index is 14.2. The van der Waals surface area contributed by atoms with Gasteiger partial charge in [-0.25, -0.2) is 14.4 Å². The van der Waals surface area contributed by atoms with Gasteiger partial charge in [0.25, 0.3) is 5.91 Å². The molecule has 244 valence electrons. The molecule has 47 heavy (non-hydrogen) atoms. The van der Waals surface area contributed by atoms with Crippen molar-refractivity contribution in [2.75, 3.05) is 26.8 Å². The van der Waals surface area contributed by atoms with Gasteiger partial charge in [0.2, 0.25) is 5.88 Å². The number of amides is 1. The summed E-state index contributed by atoms with van der Waals surface area (Å²) < 4.78 is 27.6. The Labute approximate surface area is 277 Å². The fourth-order valence-electron chi connectivity index (χ4n) is 5.94. The first-order valence-electron chi connectivity index (χ1n) is 15.7. The Kier molecular flexibility index (Phi) is 10.3. The van der Waals surface area contributed by atoms with Gasteiger partial charge in [-0.2, -0.15) is 0 Å². The Bertz CT molecular complexity index is 1860. The molecule has 0 unspecified atom stereocenters. The molecule has 6 rings (SSSR count). The van der Waals surface area contributed by atoms with Crippen LogP contribution in [0.1, 0.15) is 51.8 Å². The molecule has 2 aromatic heterocycles. The van der Waals surface area contributed by atoms with Gasteiger partial charge in [-0.3, -0.25) is 9.69 Å². The number of hydrogen-bond donors (Lipinski definition) is 2. The van der Waals surface area contributed by atoms with Crippen LogP contribution in [0.25, 0.3) is 11.0 Å². The number of likely N-dealkylation sites (tertiary alicyclic amines) is 1. The van der Waals surface area contributed by atoms with Crippen LogP contribution >= 0.6 is 11.6 Å². The number of aromatic hydroxyl groups is 1. The van der Waals surface area contributed by atoms with Crippen LogP contribution in [-0.2, 0) is 31.0 Å². The second-order valence-electron chi connectivity index (χ2n) is 11.7. The van der Waals surface area contributed by atoms with Crippen LogP contribution in [0.15, 0.2) is 78.9 Å². The number of carbonyl (C=O) groups excluding carboxylic acids is 1. The molecule has 1 fully saturated rings. The van der Waals surface area contributed by atoms with E-state index in [9.17, 15) is 14.3 Å². The molecular formula is C36H37ClFN5O4. The van der Waals surface area contributed by atoms with E-state index in [0.717, 1.165) is 54.0 Å². The largest absolute Gasteiger partial charge is 0.508 e. The molecular weight excluding hydrogens is 621 g/mol. The zero-order valence-electron chi connectivity index (χ0n) is 26.2. The molecule has 9 nitrogen and oxygen atoms in total. The zero-order chi connectivity index (χ0) is 32.8. The Morgan fingerprint density at radius 2 is 1.87 bits per heavy atom. The fraction of sp³-hybridized carbons (Fsp3) is 0.306. The highest BCUT2D eigenvalue weighted by Gasteiger charge is 2.24. The Hall–Kier alpha value is -4.51. The van der Waals surface area contributed by atoms with Crippen molar-refractivity contribution in [1.82, 2.24) is 24.8 Å². The second-order valence-corrected chi connectivity index (χ2v) is 12.1. The van der Waals surface area contributed by atoms with Crippen molar-refractivity contribution in [2.45, 2.75) is 45.0 Å². The first-order chi connectivity index (χ1) is 22.9. The van der Waals surface area contributed by atoms with Crippen molar-refractivity contribution >= 4 is 28.5 Å². The third-order valence-electron chi connectivity index (χ3n) is 8.48. The average Bonchev–Trinajstić information content (AvgIpc) is 3.42. The molecule has 0 bridgehead atoms. The molecule has 0 spiro atoms. The molecule has 0 atom stereocenters. The van der Waals surface area contributed by atoms with Crippen molar-refractivity contribution < 1.29 is 23.8 Å². The average molecular weight is 658 g/mol. The van der Waals surface area contributed by atoms with Gasteiger partial charge in [0.15, 0.2) is 0 Å². The van der Waals surface area contributed by atoms with E-state index in [0.29, 0.717) is 48.3 Å². The van der Waals surface area contributed by atoms with Gasteiger partial charge in [-0.05, 0) is 80.0 Å². The lowest BCUT2D eigenvalue weighted by Gasteiger charge is -2.31. The first kappa shape index (κ1) is 32.4. The van der Waals surface area contributed by atoms with Gasteiger partial charge < -0.3 is 24.5 Å². The predicted molar refractivity (Wildman–Crippen MR) is 178 cm³/mol. The molecule has 0 saturated carbocycles. The van der Waals surface area contributed by atoms with E-state index in [1.54, 1.807) is 43.5 Å². The summed E-state index contributed by atoms with van der Waals surface area (Å²) in [6.45, 7) is 4.01. The highest BCUT2D eigenvalue weighted by molar-refractivity contribution is 6.30. The molecule has 11 heteroatoms. The number of rotatable bonds is 12. The van der Waals surface area contributed by atoms with Crippen molar-refractivity contribution in [1.29, 1.82) is 0 Å². The van der Waals surface area contributed by atoms with E-state index in [-0.39, 0.29) is 24.2 Å². The van der Waals surface area contributed by atoms with E-state index in [1.807, 2.05) is 36.4 Å². The van der Waals surface area contributed by atoms with Gasteiger partial charge in [-0.15, -0.1) is 0 Å². The van der Waals surface area contributed by atoms with Crippen molar-refractivity contribution in [3.8, 4) is 11.6 Å². The highest BCUT2D eigenvalue weighted by atomic mass is 35.5. The number of phenols is 1. The number of fused-ring (bicyclic) bond motifs is 1. The van der Waals surface area contributed by atoms with Crippen LogP contribution in [0.2, 0.25) is 5.02 Å². The number of ether oxygens (including phenoxy) is 2. The fourth-order valence-corrected chi connectivity index (χ4v) is 6.10. The minimum absolute atomic E-state index is 0.0766. The number of pyridine rings is 1. The van der Waals surface area contributed by atoms with E-state index >= 15 is 0 Å². The summed E-state index contributed by atoms with van der Waals surface area (Å²) in [5, 5.41) is 13.0. The van der Waals surface area contributed by atoms with Crippen LogP contribution in [0.5, 0.6) is 11.6 Å². The number of nitrogens with one attached hydrogen (secondary N) is 1. The summed E-state index contributed by atoms with van der Waals surface area (Å²) in [5.41, 5.74) is 4.46. The van der Waals surface area contributed by atoms with Gasteiger partial charge in [0.05, 0.1) is 24.2 Å². The van der Waals surface area contributed by atoms with Crippen LogP contribution in [0, 0.1) is 5.82 Å². The number of piperidine rings is 1. The molecule has 3 heterocycles. The topological polar surface area (TPSA) is 102 Å². The van der Waals surface area contributed by atoms with Crippen molar-refractivity contribution in [3.05, 3.63) is 118 Å². The Balaban J connectivity index is 1.09. The lowest BCUT2D eigenvalue weighted by Crippen LogP contribution is -2.33. The number of nitrogens with zero attached hydrogens (tertiary/aromatic N) is 4. The third-order valence-corrected chi connectivity index (χ3v) is 8.71. The molecule has 0 radical (unpaired) electrons. The summed E-state index contributed by atoms with van der Waals surface area (Å²) in [6, 6.07) is 22.7. The van der Waals surface area contributed by atoms with E-state index in [4.69, 9.17) is 31.0 Å². The summed E-state index contributed by atoms with van der Waals surface area (Å²) >= 11 is 5.86. The molecule has 3 aromatic carbocycles. The number of aromatic nitrogens is 3. The van der Waals surface area contributed by atoms with Crippen LogP contribution in [0.4, 0.5) is 4.39 Å². The Morgan fingerprint density at radius 1 is 1.04 bits per heavy atom. The van der Waals surface area contributed by atoms with Crippen molar-refractivity contribution in [3.63, 3.8) is 0 Å². The van der Waals surface area contributed by atoms with Gasteiger partial charge >= 0.3 is 0 Å². The lowest BCUT2D eigenvalue weighted by atomic mass is 9.93. The second kappa shape index (κ2) is 14.9. The highest BCUT2D eigenvalue weighted by Crippen LogP contribution is 2.29. The van der Waals surface area contributed by atoms with E-state index < -0.39 is 5.82 Å². The quantitative estimate of drug-likeness (QED) is 0.159. The smallest absolute Gasteiger partial charge is 0.251 e. The maximum absolute atomic E-state index is 14.2. The molecule has 1 aliphatic rings. The first-order valence-corrected chi connectivity index (χ1v) is 16.0. The number of methoxy groups -OCH3 is 1. The SMILES string of the molecule is COCCn1c(CN2CCC(c3cccc(OCc4ccc(Cl)cc4F)n3)CC2)nc2cc(C(=O)NCc3cccc(O)c3)ccc21. The van der Waals surface area contributed by atoms with E-state index in [1.165, 1.54) is 6.07 Å². The predicted octanol–water partition coefficient (Wildman–Crippen LogP) is 6.46. The molecule has 1 aliphatic heterocycles. The molecule has 1 amide bonds. The number of benzene rings is 3. The van der Waals surface area contributed by atoms with Crippen LogP contribution < -0.4 is 10.1 Å². The number of imidazole rings is 1. The summed E-state index contributed by atoms with van der Waals surface area (Å²) in [4.78, 5) is 25.1. The number of halogens is 2. The van der Waals surface area contributed by atoms with Crippen molar-refractivity contribution in [2.24, 2.45) is 0 Å². The minimum Gasteiger partial charge on any atom is -0.508 e. The Morgan fingerprint density at radius 3 is 2.66 bits per heavy atom. The summed E-state index contributed by atoms with van der Waals surface area (Å²) in [7, 11) is 1.68. The van der Waals surface area contributed by atoms with Crippen LogP contribution in [0.3, 0.4) is 0 Å². The molecule has 0 aliphatic carbocycles. The summed E-state index contributed by atoms with van der Waals surface area (Å²) in [5.74, 6) is 1.25. The lowest BCUT2D eigenvalue weighted by molar-refractivity contribution is 0.0951. The van der Waals surface area contributed by atoms with Gasteiger partial charge in [0.1, 0.15) is 24.0 Å². The molecule has 2 N–H and O–H groups in total. The van der Waals surface area contributed by atoms with E-state index in [2.05, 4.69) is 14.8 Å². The minimum atomic E-state index is -0.399. The number of hydrogen-bond acceptors (Lipinski definition) is 7. The molecule has 1 saturated heterocycles. The van der Waals surface area contributed by atoms with Gasteiger partial charge in [-0.1, -0.05) is 35.9 Å². The molecule has 5 aromatic rings. The summed E-state index contributed by atoms with van der Waals surface area (Å²) in [6.07, 6.45) is 1.87. The zero-order valence-corrected chi connectivity index (χ0v) is 26.9. The number of phenolic OH excluding ortho intramolecular Hbond substituents is 1. The van der Waals surface area contributed by atoms with Crippen LogP contribution in [-0.4, -0.2) is 57.3 Å². The standard InChI is InChI=1S/C36H37ClFN5O4/c1-46-17-16-43-33-11-9-26(36(45)39-21-24-4-2-5-29(44)18-24)19-32(33)40-34(43)22-42-14-12-25(13-15-42)31-6-3-7-35(41-31)47-23-27-8-10-28(37)20-30(27)38/h2-11,18-20,25,44H,12-17,21-23H2,1H3,(H,39,45). The normalized spacial score (nSPS) is 14.0. The monoisotopic (exact) mass is 657 g/mol. The van der Waals surface area contributed by atoms with Gasteiger partial charge in [0, 0.05) is 54.0 Å². The maximum Gasteiger partial charge on any atom is 0.251 e. The number of carbonyl (C=O) groups is 1.